The lowest BCUT2D eigenvalue weighted by Gasteiger charge is -2.30. The lowest BCUT2D eigenvalue weighted by molar-refractivity contribution is -0.162. The summed E-state index contributed by atoms with van der Waals surface area (Å²) in [5, 5.41) is 11.5. The molecule has 2 heterocycles. The van der Waals surface area contributed by atoms with E-state index in [0.717, 1.165) is 0 Å². The number of amides is 1. The van der Waals surface area contributed by atoms with Crippen LogP contribution in [0.25, 0.3) is 0 Å². The van der Waals surface area contributed by atoms with Crippen molar-refractivity contribution >= 4 is 11.9 Å². The normalized spacial score (nSPS) is 40.8. The zero-order chi connectivity index (χ0) is 10.3. The number of nitrogens with one attached hydrogen (secondary N) is 1. The van der Waals surface area contributed by atoms with E-state index in [1.165, 1.54) is 0 Å². The molecule has 0 spiro atoms. The van der Waals surface area contributed by atoms with E-state index in [-0.39, 0.29) is 13.0 Å². The monoisotopic (exact) mass is 201 g/mol. The van der Waals surface area contributed by atoms with Gasteiger partial charge in [-0.1, -0.05) is 6.92 Å². The Bertz CT molecular complexity index is 291. The molecular weight excluding hydrogens is 190 g/mol. The molecule has 6 heteroatoms. The number of rotatable bonds is 2. The molecule has 2 saturated heterocycles. The van der Waals surface area contributed by atoms with Crippen molar-refractivity contribution in [2.75, 3.05) is 6.54 Å². The molecule has 0 aromatic rings. The van der Waals surface area contributed by atoms with Crippen LogP contribution in [0.2, 0.25) is 0 Å². The van der Waals surface area contributed by atoms with Crippen LogP contribution in [0.3, 0.4) is 0 Å². The maximum absolute atomic E-state index is 11.5. The first-order valence-corrected chi connectivity index (χ1v) is 4.44. The molecule has 2 aliphatic heterocycles. The van der Waals surface area contributed by atoms with Gasteiger partial charge in [0.25, 0.3) is 5.91 Å². The summed E-state index contributed by atoms with van der Waals surface area (Å²) in [5.41, 5.74) is -1.34. The van der Waals surface area contributed by atoms with Crippen molar-refractivity contribution in [3.63, 3.8) is 0 Å². The Morgan fingerprint density at radius 1 is 1.79 bits per heavy atom. The summed E-state index contributed by atoms with van der Waals surface area (Å²) in [6.07, 6.45) is -1.54. The molecule has 2 rings (SSSR count). The molecule has 0 aromatic heterocycles. The summed E-state index contributed by atoms with van der Waals surface area (Å²) in [6, 6.07) is 0. The summed E-state index contributed by atoms with van der Waals surface area (Å²) >= 11 is 0. The predicted octanol–water partition coefficient (Wildman–Crippen LogP) is -0.909. The van der Waals surface area contributed by atoms with E-state index in [1.807, 2.05) is 0 Å². The van der Waals surface area contributed by atoms with Gasteiger partial charge < -0.3 is 19.9 Å². The van der Waals surface area contributed by atoms with Crippen LogP contribution in [-0.2, 0) is 19.1 Å². The summed E-state index contributed by atoms with van der Waals surface area (Å²) in [4.78, 5) is 22.4. The molecule has 0 saturated carbocycles. The fourth-order valence-corrected chi connectivity index (χ4v) is 1.86. The van der Waals surface area contributed by atoms with Crippen LogP contribution < -0.4 is 5.32 Å². The van der Waals surface area contributed by atoms with Crippen LogP contribution in [0.4, 0.5) is 0 Å². The van der Waals surface area contributed by atoms with E-state index in [9.17, 15) is 9.59 Å². The molecule has 2 N–H and O–H groups in total. The van der Waals surface area contributed by atoms with Crippen LogP contribution in [-0.4, -0.2) is 41.5 Å². The van der Waals surface area contributed by atoms with Gasteiger partial charge in [0.15, 0.2) is 18.0 Å². The highest BCUT2D eigenvalue weighted by Crippen LogP contribution is 2.35. The highest BCUT2D eigenvalue weighted by Gasteiger charge is 2.60. The van der Waals surface area contributed by atoms with Gasteiger partial charge in [-0.05, 0) is 6.42 Å². The van der Waals surface area contributed by atoms with E-state index in [2.05, 4.69) is 5.32 Å². The number of hydrogen-bond donors (Lipinski definition) is 2. The summed E-state index contributed by atoms with van der Waals surface area (Å²) < 4.78 is 10.4. The molecule has 6 nitrogen and oxygen atoms in total. The van der Waals surface area contributed by atoms with Crippen LogP contribution >= 0.6 is 0 Å². The van der Waals surface area contributed by atoms with E-state index in [0.29, 0.717) is 0 Å². The first-order valence-electron chi connectivity index (χ1n) is 4.44. The third-order valence-electron chi connectivity index (χ3n) is 2.62. The molecule has 14 heavy (non-hydrogen) atoms. The predicted molar refractivity (Wildman–Crippen MR) is 43.4 cm³/mol. The minimum atomic E-state index is -1.34. The molecule has 0 aromatic carbocycles. The number of fused-ring (bicyclic) bond motifs is 2. The first kappa shape index (κ1) is 9.42. The van der Waals surface area contributed by atoms with Gasteiger partial charge >= 0.3 is 5.97 Å². The Balaban J connectivity index is 2.36. The van der Waals surface area contributed by atoms with E-state index in [1.54, 1.807) is 6.92 Å². The smallest absolute Gasteiger partial charge is 0.336 e. The minimum Gasteiger partial charge on any atom is -0.479 e. The molecular formula is C8H11NO5. The van der Waals surface area contributed by atoms with Gasteiger partial charge in [0.05, 0.1) is 6.54 Å². The van der Waals surface area contributed by atoms with Gasteiger partial charge in [-0.3, -0.25) is 4.79 Å². The third-order valence-corrected chi connectivity index (χ3v) is 2.62. The number of carboxylic acids is 1. The SMILES string of the molecule is CCC12OC(CNC1=O)OC2C(=O)O. The molecule has 0 aliphatic carbocycles. The van der Waals surface area contributed by atoms with Crippen molar-refractivity contribution in [2.24, 2.45) is 0 Å². The van der Waals surface area contributed by atoms with E-state index in [4.69, 9.17) is 14.6 Å². The Kier molecular flexibility index (Phi) is 1.97. The molecule has 78 valence electrons. The Morgan fingerprint density at radius 2 is 2.50 bits per heavy atom. The van der Waals surface area contributed by atoms with Gasteiger partial charge in [-0.2, -0.15) is 0 Å². The van der Waals surface area contributed by atoms with Crippen LogP contribution in [0.15, 0.2) is 0 Å². The second-order valence-electron chi connectivity index (χ2n) is 3.35. The molecule has 3 unspecified atom stereocenters. The largest absolute Gasteiger partial charge is 0.479 e. The molecule has 2 bridgehead atoms. The van der Waals surface area contributed by atoms with Crippen molar-refractivity contribution in [1.29, 1.82) is 0 Å². The summed E-state index contributed by atoms with van der Waals surface area (Å²) in [6.45, 7) is 1.91. The zero-order valence-corrected chi connectivity index (χ0v) is 7.65. The van der Waals surface area contributed by atoms with Crippen LogP contribution in [0, 0.1) is 0 Å². The quantitative estimate of drug-likeness (QED) is 0.604. The average Bonchev–Trinajstić information content (AvgIpc) is 2.48. The van der Waals surface area contributed by atoms with Crippen LogP contribution in [0.5, 0.6) is 0 Å². The number of morpholine rings is 1. The fraction of sp³-hybridized carbons (Fsp3) is 0.750. The molecule has 2 aliphatic rings. The van der Waals surface area contributed by atoms with Crippen molar-refractivity contribution in [3.05, 3.63) is 0 Å². The number of ether oxygens (including phenoxy) is 2. The van der Waals surface area contributed by atoms with Gasteiger partial charge in [0.2, 0.25) is 0 Å². The Labute approximate surface area is 80.2 Å². The number of aliphatic carboxylic acids is 1. The molecule has 3 atom stereocenters. The number of carbonyl (C=O) groups is 2. The van der Waals surface area contributed by atoms with Gasteiger partial charge in [0.1, 0.15) is 0 Å². The maximum Gasteiger partial charge on any atom is 0.336 e. The standard InChI is InChI=1S/C8H11NO5/c1-2-8-5(6(10)11)13-4(14-8)3-9-7(8)12/h4-5H,2-3H2,1H3,(H,9,12)(H,10,11). The van der Waals surface area contributed by atoms with Gasteiger partial charge in [0, 0.05) is 0 Å². The molecule has 1 amide bonds. The third kappa shape index (κ3) is 1.04. The van der Waals surface area contributed by atoms with Crippen molar-refractivity contribution in [3.8, 4) is 0 Å². The van der Waals surface area contributed by atoms with E-state index < -0.39 is 29.9 Å². The minimum absolute atomic E-state index is 0.213. The second kappa shape index (κ2) is 2.93. The van der Waals surface area contributed by atoms with Gasteiger partial charge in [-0.25, -0.2) is 4.79 Å². The summed E-state index contributed by atoms with van der Waals surface area (Å²) in [7, 11) is 0. The maximum atomic E-state index is 11.5. The highest BCUT2D eigenvalue weighted by molar-refractivity contribution is 5.93. The number of carbonyl (C=O) groups excluding carboxylic acids is 1. The molecule has 0 radical (unpaired) electrons. The number of hydrogen-bond acceptors (Lipinski definition) is 4. The zero-order valence-electron chi connectivity index (χ0n) is 7.65. The van der Waals surface area contributed by atoms with Gasteiger partial charge in [-0.15, -0.1) is 0 Å². The van der Waals surface area contributed by atoms with Crippen molar-refractivity contribution in [1.82, 2.24) is 5.32 Å². The number of carboxylic acid groups (broad SMARTS) is 1. The first-order chi connectivity index (χ1) is 6.60. The van der Waals surface area contributed by atoms with Crippen molar-refractivity contribution in [2.45, 2.75) is 31.3 Å². The average molecular weight is 201 g/mol. The lowest BCUT2D eigenvalue weighted by atomic mass is 9.92. The fourth-order valence-electron chi connectivity index (χ4n) is 1.86. The lowest BCUT2D eigenvalue weighted by Crippen LogP contribution is -2.58. The Morgan fingerprint density at radius 3 is 3.07 bits per heavy atom. The topological polar surface area (TPSA) is 84.9 Å². The van der Waals surface area contributed by atoms with Crippen molar-refractivity contribution < 1.29 is 24.2 Å². The van der Waals surface area contributed by atoms with E-state index >= 15 is 0 Å². The van der Waals surface area contributed by atoms with Crippen LogP contribution in [0.1, 0.15) is 13.3 Å². The molecule has 2 fully saturated rings. The highest BCUT2D eigenvalue weighted by atomic mass is 16.8. The Hall–Kier alpha value is -1.14. The summed E-state index contributed by atoms with van der Waals surface area (Å²) in [5.74, 6) is -1.56. The second-order valence-corrected chi connectivity index (χ2v) is 3.35.